The van der Waals surface area contributed by atoms with Crippen LogP contribution in [-0.2, 0) is 4.79 Å². The molecule has 0 aliphatic heterocycles. The van der Waals surface area contributed by atoms with E-state index in [9.17, 15) is 4.79 Å². The molecule has 4 nitrogen and oxygen atoms in total. The van der Waals surface area contributed by atoms with Crippen molar-refractivity contribution in [3.8, 4) is 0 Å². The van der Waals surface area contributed by atoms with Gasteiger partial charge in [0.15, 0.2) is 0 Å². The third-order valence-electron chi connectivity index (χ3n) is 1.31. The van der Waals surface area contributed by atoms with Crippen LogP contribution in [-0.4, -0.2) is 16.1 Å². The Labute approximate surface area is 63.7 Å². The van der Waals surface area contributed by atoms with Gasteiger partial charge in [0.1, 0.15) is 6.04 Å². The number of aliphatic carboxylic acids is 1. The van der Waals surface area contributed by atoms with Gasteiger partial charge in [-0.1, -0.05) is 6.07 Å². The molecule has 1 aromatic heterocycles. The Balaban J connectivity index is 2.85. The van der Waals surface area contributed by atoms with Gasteiger partial charge in [0.05, 0.1) is 0 Å². The largest absolute Gasteiger partial charge is 0.480 e. The van der Waals surface area contributed by atoms with E-state index >= 15 is 0 Å². The fraction of sp³-hybridized carbons (Fsp3) is 0.143. The average Bonchev–Trinajstić information content (AvgIpc) is 2.05. The van der Waals surface area contributed by atoms with Crippen LogP contribution in [0.1, 0.15) is 11.6 Å². The molecule has 0 fully saturated rings. The first kappa shape index (κ1) is 7.68. The molecule has 1 aromatic rings. The van der Waals surface area contributed by atoms with E-state index in [1.165, 1.54) is 6.20 Å². The second-order valence-electron chi connectivity index (χ2n) is 2.10. The fourth-order valence-electron chi connectivity index (χ4n) is 0.703. The predicted molar refractivity (Wildman–Crippen MR) is 38.8 cm³/mol. The minimum atomic E-state index is -1.04. The van der Waals surface area contributed by atoms with Crippen LogP contribution in [0.25, 0.3) is 0 Å². The quantitative estimate of drug-likeness (QED) is 0.633. The first-order chi connectivity index (χ1) is 5.22. The highest BCUT2D eigenvalue weighted by molar-refractivity contribution is 5.74. The van der Waals surface area contributed by atoms with Gasteiger partial charge in [0, 0.05) is 12.4 Å². The van der Waals surface area contributed by atoms with E-state index in [4.69, 9.17) is 10.8 Å². The van der Waals surface area contributed by atoms with Crippen LogP contribution in [0.2, 0.25) is 0 Å². The molecule has 4 heteroatoms. The molecule has 1 heterocycles. The molecule has 0 saturated carbocycles. The SMILES string of the molecule is N[C@H](C(=O)O)c1cccnc1. The van der Waals surface area contributed by atoms with Crippen LogP contribution in [0.5, 0.6) is 0 Å². The van der Waals surface area contributed by atoms with E-state index in [-0.39, 0.29) is 0 Å². The normalized spacial score (nSPS) is 12.5. The number of nitrogens with two attached hydrogens (primary N) is 1. The summed E-state index contributed by atoms with van der Waals surface area (Å²) in [5.41, 5.74) is 5.81. The summed E-state index contributed by atoms with van der Waals surface area (Å²) >= 11 is 0. The molecule has 0 amide bonds. The molecule has 58 valence electrons. The van der Waals surface area contributed by atoms with Crippen molar-refractivity contribution in [3.05, 3.63) is 30.1 Å². The van der Waals surface area contributed by atoms with Gasteiger partial charge < -0.3 is 10.8 Å². The number of hydrogen-bond donors (Lipinski definition) is 2. The van der Waals surface area contributed by atoms with E-state index in [1.54, 1.807) is 18.3 Å². The second-order valence-corrected chi connectivity index (χ2v) is 2.10. The van der Waals surface area contributed by atoms with Crippen molar-refractivity contribution >= 4 is 5.97 Å². The molecule has 0 unspecified atom stereocenters. The van der Waals surface area contributed by atoms with Crippen LogP contribution in [0.15, 0.2) is 24.5 Å². The van der Waals surface area contributed by atoms with Gasteiger partial charge in [-0.3, -0.25) is 9.78 Å². The number of carbonyl (C=O) groups is 1. The number of nitrogens with zero attached hydrogens (tertiary/aromatic N) is 1. The number of aromatic nitrogens is 1. The molecule has 0 bridgehead atoms. The molecule has 1 atom stereocenters. The molecule has 0 spiro atoms. The summed E-state index contributed by atoms with van der Waals surface area (Å²) in [5, 5.41) is 8.48. The summed E-state index contributed by atoms with van der Waals surface area (Å²) in [4.78, 5) is 14.1. The summed E-state index contributed by atoms with van der Waals surface area (Å²) < 4.78 is 0. The average molecular weight is 152 g/mol. The van der Waals surface area contributed by atoms with Gasteiger partial charge in [-0.05, 0) is 11.6 Å². The zero-order valence-electron chi connectivity index (χ0n) is 5.77. The van der Waals surface area contributed by atoms with Crippen LogP contribution < -0.4 is 5.73 Å². The number of carboxylic acids is 1. The van der Waals surface area contributed by atoms with Gasteiger partial charge in [-0.25, -0.2) is 0 Å². The lowest BCUT2D eigenvalue weighted by atomic mass is 10.1. The fourth-order valence-corrected chi connectivity index (χ4v) is 0.703. The van der Waals surface area contributed by atoms with Crippen molar-refractivity contribution in [3.63, 3.8) is 0 Å². The second kappa shape index (κ2) is 3.12. The van der Waals surface area contributed by atoms with Crippen LogP contribution in [0.4, 0.5) is 0 Å². The van der Waals surface area contributed by atoms with Crippen molar-refractivity contribution in [1.82, 2.24) is 4.98 Å². The van der Waals surface area contributed by atoms with Gasteiger partial charge >= 0.3 is 5.97 Å². The molecule has 1 rings (SSSR count). The molecule has 0 aliphatic rings. The topological polar surface area (TPSA) is 76.2 Å². The lowest BCUT2D eigenvalue weighted by molar-refractivity contribution is -0.138. The lowest BCUT2D eigenvalue weighted by Gasteiger charge is -2.03. The smallest absolute Gasteiger partial charge is 0.325 e. The van der Waals surface area contributed by atoms with Crippen LogP contribution in [0, 0.1) is 0 Å². The van der Waals surface area contributed by atoms with Crippen molar-refractivity contribution in [1.29, 1.82) is 0 Å². The molecule has 11 heavy (non-hydrogen) atoms. The molecule has 0 radical (unpaired) electrons. The van der Waals surface area contributed by atoms with Crippen molar-refractivity contribution in [2.45, 2.75) is 6.04 Å². The lowest BCUT2D eigenvalue weighted by Crippen LogP contribution is -2.20. The van der Waals surface area contributed by atoms with E-state index < -0.39 is 12.0 Å². The third kappa shape index (κ3) is 1.75. The first-order valence-corrected chi connectivity index (χ1v) is 3.10. The highest BCUT2D eigenvalue weighted by Crippen LogP contribution is 2.06. The van der Waals surface area contributed by atoms with E-state index in [0.29, 0.717) is 5.56 Å². The third-order valence-corrected chi connectivity index (χ3v) is 1.31. The molecule has 0 aliphatic carbocycles. The maximum Gasteiger partial charge on any atom is 0.325 e. The zero-order chi connectivity index (χ0) is 8.27. The molecule has 0 aromatic carbocycles. The minimum absolute atomic E-state index is 0.514. The monoisotopic (exact) mass is 152 g/mol. The Kier molecular flexibility index (Phi) is 2.18. The van der Waals surface area contributed by atoms with E-state index in [0.717, 1.165) is 0 Å². The summed E-state index contributed by atoms with van der Waals surface area (Å²) in [6, 6.07) is 2.31. The highest BCUT2D eigenvalue weighted by atomic mass is 16.4. The number of carboxylic acid groups (broad SMARTS) is 1. The Hall–Kier alpha value is -1.42. The molecular weight excluding hydrogens is 144 g/mol. The summed E-state index contributed by atoms with van der Waals surface area (Å²) in [7, 11) is 0. The van der Waals surface area contributed by atoms with E-state index in [2.05, 4.69) is 4.98 Å². The number of pyridine rings is 1. The van der Waals surface area contributed by atoms with Crippen molar-refractivity contribution in [2.24, 2.45) is 5.73 Å². The number of hydrogen-bond acceptors (Lipinski definition) is 3. The molecule has 3 N–H and O–H groups in total. The van der Waals surface area contributed by atoms with Crippen molar-refractivity contribution < 1.29 is 9.90 Å². The summed E-state index contributed by atoms with van der Waals surface area (Å²) in [5.74, 6) is -1.04. The minimum Gasteiger partial charge on any atom is -0.480 e. The highest BCUT2D eigenvalue weighted by Gasteiger charge is 2.12. The Morgan fingerprint density at radius 2 is 2.45 bits per heavy atom. The predicted octanol–water partition coefficient (Wildman–Crippen LogP) is 0.166. The molecule has 0 saturated heterocycles. The van der Waals surface area contributed by atoms with Gasteiger partial charge in [-0.2, -0.15) is 0 Å². The van der Waals surface area contributed by atoms with Gasteiger partial charge in [0.2, 0.25) is 0 Å². The first-order valence-electron chi connectivity index (χ1n) is 3.10. The summed E-state index contributed by atoms with van der Waals surface area (Å²) in [6.45, 7) is 0. The van der Waals surface area contributed by atoms with E-state index in [1.807, 2.05) is 0 Å². The van der Waals surface area contributed by atoms with Crippen LogP contribution >= 0.6 is 0 Å². The number of rotatable bonds is 2. The summed E-state index contributed by atoms with van der Waals surface area (Å²) in [6.07, 6.45) is 3.01. The standard InChI is InChI=1S/C7H8N2O2/c8-6(7(10)11)5-2-1-3-9-4-5/h1-4,6H,8H2,(H,10,11)/t6-/m0/s1. The van der Waals surface area contributed by atoms with Crippen LogP contribution in [0.3, 0.4) is 0 Å². The Morgan fingerprint density at radius 1 is 1.73 bits per heavy atom. The Morgan fingerprint density at radius 3 is 2.91 bits per heavy atom. The zero-order valence-corrected chi connectivity index (χ0v) is 5.77. The maximum absolute atomic E-state index is 10.3. The van der Waals surface area contributed by atoms with Gasteiger partial charge in [-0.15, -0.1) is 0 Å². The Bertz CT molecular complexity index is 248. The van der Waals surface area contributed by atoms with Crippen molar-refractivity contribution in [2.75, 3.05) is 0 Å². The van der Waals surface area contributed by atoms with Gasteiger partial charge in [0.25, 0.3) is 0 Å². The maximum atomic E-state index is 10.3. The molecular formula is C7H8N2O2.